The summed E-state index contributed by atoms with van der Waals surface area (Å²) in [4.78, 5) is 4.87. The second kappa shape index (κ2) is 5.24. The van der Waals surface area contributed by atoms with E-state index in [-0.39, 0.29) is 0 Å². The van der Waals surface area contributed by atoms with E-state index in [0.29, 0.717) is 0 Å². The second-order valence-electron chi connectivity index (χ2n) is 5.62. The van der Waals surface area contributed by atoms with Crippen molar-refractivity contribution in [3.05, 3.63) is 47.5 Å². The average Bonchev–Trinajstić information content (AvgIpc) is 2.77. The summed E-state index contributed by atoms with van der Waals surface area (Å²) in [5.41, 5.74) is 12.7. The average molecular weight is 279 g/mol. The Kier molecular flexibility index (Phi) is 3.42. The largest absolute Gasteiger partial charge is 0.398 e. The van der Waals surface area contributed by atoms with Crippen LogP contribution in [0.4, 0.5) is 5.69 Å². The van der Waals surface area contributed by atoms with Crippen molar-refractivity contribution in [3.63, 3.8) is 0 Å². The first-order chi connectivity index (χ1) is 10.1. The number of fused-ring (bicyclic) bond motifs is 1. The number of benzene rings is 2. The fourth-order valence-electron chi connectivity index (χ4n) is 2.88. The molecule has 0 aliphatic heterocycles. The first kappa shape index (κ1) is 13.7. The van der Waals surface area contributed by atoms with Crippen LogP contribution in [0.1, 0.15) is 24.5 Å². The van der Waals surface area contributed by atoms with E-state index in [1.807, 2.05) is 12.1 Å². The minimum absolute atomic E-state index is 0.791. The first-order valence-electron chi connectivity index (χ1n) is 7.44. The topological polar surface area (TPSA) is 43.8 Å². The van der Waals surface area contributed by atoms with E-state index < -0.39 is 0 Å². The molecule has 0 fully saturated rings. The van der Waals surface area contributed by atoms with Crippen molar-refractivity contribution in [2.45, 2.75) is 33.7 Å². The molecule has 3 heteroatoms. The summed E-state index contributed by atoms with van der Waals surface area (Å²) < 4.78 is 2.29. The normalized spacial score (nSPS) is 11.2. The van der Waals surface area contributed by atoms with E-state index in [9.17, 15) is 0 Å². The van der Waals surface area contributed by atoms with Gasteiger partial charge in [-0.2, -0.15) is 0 Å². The molecule has 0 aliphatic carbocycles. The SMILES string of the molecule is CCCn1c(-c2c(C)cccc2N)nc2cc(C)ccc21. The third kappa shape index (κ3) is 2.29. The van der Waals surface area contributed by atoms with Gasteiger partial charge in [0.2, 0.25) is 0 Å². The smallest absolute Gasteiger partial charge is 0.143 e. The maximum atomic E-state index is 6.22. The summed E-state index contributed by atoms with van der Waals surface area (Å²) in [6.45, 7) is 7.32. The number of hydrogen-bond donors (Lipinski definition) is 1. The number of aromatic nitrogens is 2. The van der Waals surface area contributed by atoms with Gasteiger partial charge in [-0.15, -0.1) is 0 Å². The van der Waals surface area contributed by atoms with E-state index >= 15 is 0 Å². The summed E-state index contributed by atoms with van der Waals surface area (Å²) in [5.74, 6) is 0.980. The monoisotopic (exact) mass is 279 g/mol. The Morgan fingerprint density at radius 1 is 1.14 bits per heavy atom. The van der Waals surface area contributed by atoms with Crippen LogP contribution >= 0.6 is 0 Å². The summed E-state index contributed by atoms with van der Waals surface area (Å²) in [5, 5.41) is 0. The van der Waals surface area contributed by atoms with Crippen molar-refractivity contribution >= 4 is 16.7 Å². The van der Waals surface area contributed by atoms with Gasteiger partial charge >= 0.3 is 0 Å². The Bertz CT molecular complexity index is 779. The molecule has 0 saturated carbocycles. The molecule has 2 N–H and O–H groups in total. The molecule has 1 heterocycles. The van der Waals surface area contributed by atoms with Gasteiger partial charge in [0.15, 0.2) is 0 Å². The van der Waals surface area contributed by atoms with Crippen molar-refractivity contribution in [2.24, 2.45) is 0 Å². The van der Waals surface area contributed by atoms with E-state index in [1.165, 1.54) is 16.6 Å². The van der Waals surface area contributed by atoms with Crippen LogP contribution in [0.5, 0.6) is 0 Å². The Hall–Kier alpha value is -2.29. The van der Waals surface area contributed by atoms with Gasteiger partial charge in [0.25, 0.3) is 0 Å². The fourth-order valence-corrected chi connectivity index (χ4v) is 2.88. The van der Waals surface area contributed by atoms with Crippen molar-refractivity contribution in [3.8, 4) is 11.4 Å². The van der Waals surface area contributed by atoms with E-state index in [4.69, 9.17) is 10.7 Å². The summed E-state index contributed by atoms with van der Waals surface area (Å²) in [7, 11) is 0. The molecule has 2 aromatic carbocycles. The van der Waals surface area contributed by atoms with Crippen molar-refractivity contribution in [1.82, 2.24) is 9.55 Å². The number of anilines is 1. The third-order valence-corrected chi connectivity index (χ3v) is 3.88. The van der Waals surface area contributed by atoms with Gasteiger partial charge in [-0.25, -0.2) is 4.98 Å². The van der Waals surface area contributed by atoms with Crippen LogP contribution in [0, 0.1) is 13.8 Å². The summed E-state index contributed by atoms with van der Waals surface area (Å²) in [6, 6.07) is 12.5. The lowest BCUT2D eigenvalue weighted by atomic mass is 10.1. The van der Waals surface area contributed by atoms with Gasteiger partial charge in [-0.1, -0.05) is 25.1 Å². The molecule has 0 aliphatic rings. The van der Waals surface area contributed by atoms with Gasteiger partial charge in [0, 0.05) is 17.8 Å². The summed E-state index contributed by atoms with van der Waals surface area (Å²) >= 11 is 0. The number of nitrogens with zero attached hydrogens (tertiary/aromatic N) is 2. The zero-order valence-corrected chi connectivity index (χ0v) is 12.9. The molecule has 0 unspecified atom stereocenters. The Labute approximate surface area is 125 Å². The zero-order valence-electron chi connectivity index (χ0n) is 12.9. The number of imidazole rings is 1. The predicted molar refractivity (Wildman–Crippen MR) is 89.3 cm³/mol. The van der Waals surface area contributed by atoms with Gasteiger partial charge in [0.05, 0.1) is 11.0 Å². The van der Waals surface area contributed by atoms with E-state index in [2.05, 4.69) is 49.6 Å². The second-order valence-corrected chi connectivity index (χ2v) is 5.62. The fraction of sp³-hybridized carbons (Fsp3) is 0.278. The quantitative estimate of drug-likeness (QED) is 0.726. The highest BCUT2D eigenvalue weighted by atomic mass is 15.1. The van der Waals surface area contributed by atoms with Crippen LogP contribution in [0.3, 0.4) is 0 Å². The van der Waals surface area contributed by atoms with Crippen LogP contribution in [-0.4, -0.2) is 9.55 Å². The van der Waals surface area contributed by atoms with Gasteiger partial charge in [-0.3, -0.25) is 0 Å². The number of rotatable bonds is 3. The molecule has 0 spiro atoms. The molecule has 0 saturated heterocycles. The Balaban J connectivity index is 2.33. The molecule has 0 atom stereocenters. The molecule has 3 nitrogen and oxygen atoms in total. The van der Waals surface area contributed by atoms with Gasteiger partial charge in [0.1, 0.15) is 5.82 Å². The van der Waals surface area contributed by atoms with Crippen molar-refractivity contribution in [1.29, 1.82) is 0 Å². The zero-order chi connectivity index (χ0) is 15.0. The van der Waals surface area contributed by atoms with Crippen LogP contribution in [-0.2, 0) is 6.54 Å². The van der Waals surface area contributed by atoms with Crippen LogP contribution < -0.4 is 5.73 Å². The van der Waals surface area contributed by atoms with Crippen LogP contribution in [0.25, 0.3) is 22.4 Å². The summed E-state index contributed by atoms with van der Waals surface area (Å²) in [6.07, 6.45) is 1.07. The first-order valence-corrected chi connectivity index (χ1v) is 7.44. The van der Waals surface area contributed by atoms with Crippen LogP contribution in [0.2, 0.25) is 0 Å². The van der Waals surface area contributed by atoms with Gasteiger partial charge < -0.3 is 10.3 Å². The molecule has 108 valence electrons. The molecular weight excluding hydrogens is 258 g/mol. The van der Waals surface area contributed by atoms with Crippen LogP contribution in [0.15, 0.2) is 36.4 Å². The lowest BCUT2D eigenvalue weighted by Gasteiger charge is -2.12. The lowest BCUT2D eigenvalue weighted by Crippen LogP contribution is -2.03. The molecule has 0 amide bonds. The van der Waals surface area contributed by atoms with Gasteiger partial charge in [-0.05, 0) is 49.6 Å². The lowest BCUT2D eigenvalue weighted by molar-refractivity contribution is 0.704. The molecular formula is C18H21N3. The maximum Gasteiger partial charge on any atom is 0.143 e. The minimum atomic E-state index is 0.791. The number of nitrogen functional groups attached to an aromatic ring is 1. The number of hydrogen-bond acceptors (Lipinski definition) is 2. The Morgan fingerprint density at radius 3 is 2.67 bits per heavy atom. The molecule has 0 radical (unpaired) electrons. The highest BCUT2D eigenvalue weighted by molar-refractivity contribution is 5.85. The van der Waals surface area contributed by atoms with Crippen molar-refractivity contribution in [2.75, 3.05) is 5.73 Å². The molecule has 3 aromatic rings. The molecule has 3 rings (SSSR count). The van der Waals surface area contributed by atoms with E-state index in [1.54, 1.807) is 0 Å². The third-order valence-electron chi connectivity index (χ3n) is 3.88. The highest BCUT2D eigenvalue weighted by Gasteiger charge is 2.16. The molecule has 0 bridgehead atoms. The standard InChI is InChI=1S/C18H21N3/c1-4-10-21-16-9-8-12(2)11-15(16)20-18(21)17-13(3)6-5-7-14(17)19/h5-9,11H,4,10,19H2,1-3H3. The highest BCUT2D eigenvalue weighted by Crippen LogP contribution is 2.32. The molecule has 1 aromatic heterocycles. The maximum absolute atomic E-state index is 6.22. The predicted octanol–water partition coefficient (Wildman–Crippen LogP) is 4.31. The minimum Gasteiger partial charge on any atom is -0.398 e. The Morgan fingerprint density at radius 2 is 1.95 bits per heavy atom. The number of aryl methyl sites for hydroxylation is 3. The van der Waals surface area contributed by atoms with Crippen molar-refractivity contribution < 1.29 is 0 Å². The number of nitrogens with two attached hydrogens (primary N) is 1. The van der Waals surface area contributed by atoms with E-state index in [0.717, 1.165) is 35.6 Å². The molecule has 21 heavy (non-hydrogen) atoms.